The summed E-state index contributed by atoms with van der Waals surface area (Å²) in [6.45, 7) is 6.68. The van der Waals surface area contributed by atoms with Crippen LogP contribution in [0.15, 0.2) is 48.5 Å². The summed E-state index contributed by atoms with van der Waals surface area (Å²) in [7, 11) is 0. The molecule has 0 heterocycles. The molecule has 1 aliphatic carbocycles. The van der Waals surface area contributed by atoms with Gasteiger partial charge in [0.25, 0.3) is 0 Å². The average Bonchev–Trinajstić information content (AvgIpc) is 3.44. The van der Waals surface area contributed by atoms with Crippen LogP contribution in [0.3, 0.4) is 0 Å². The number of carbonyl (C=O) groups is 2. The molecule has 4 heteroatoms. The van der Waals surface area contributed by atoms with Gasteiger partial charge in [0.1, 0.15) is 0 Å². The van der Waals surface area contributed by atoms with Crippen LogP contribution in [0, 0.1) is 18.8 Å². The number of carbonyl (C=O) groups excluding carboxylic acids is 2. The minimum absolute atomic E-state index is 0.0413. The van der Waals surface area contributed by atoms with Gasteiger partial charge in [-0.3, -0.25) is 9.59 Å². The molecule has 0 spiro atoms. The molecule has 0 bridgehead atoms. The Bertz CT molecular complexity index is 798. The molecule has 2 aromatic rings. The first-order valence-electron chi connectivity index (χ1n) is 9.31. The average molecular weight is 350 g/mol. The van der Waals surface area contributed by atoms with Gasteiger partial charge in [0.15, 0.2) is 0 Å². The van der Waals surface area contributed by atoms with E-state index in [-0.39, 0.29) is 23.7 Å². The van der Waals surface area contributed by atoms with E-state index < -0.39 is 0 Å². The van der Waals surface area contributed by atoms with Crippen molar-refractivity contribution in [3.8, 4) is 0 Å². The Balaban J connectivity index is 1.62. The minimum Gasteiger partial charge on any atom is -0.326 e. The second-order valence-corrected chi connectivity index (χ2v) is 6.91. The second-order valence-electron chi connectivity index (χ2n) is 6.91. The molecule has 26 heavy (non-hydrogen) atoms. The zero-order valence-corrected chi connectivity index (χ0v) is 15.7. The summed E-state index contributed by atoms with van der Waals surface area (Å²) in [5.74, 6) is -0.468. The number of hydrogen-bond acceptors (Lipinski definition) is 2. The lowest BCUT2D eigenvalue weighted by Gasteiger charge is -2.21. The van der Waals surface area contributed by atoms with Gasteiger partial charge < -0.3 is 10.2 Å². The van der Waals surface area contributed by atoms with Crippen LogP contribution in [-0.2, 0) is 16.0 Å². The first-order valence-corrected chi connectivity index (χ1v) is 9.31. The fraction of sp³-hybridized carbons (Fsp3) is 0.364. The molecule has 0 saturated heterocycles. The molecule has 136 valence electrons. The first-order chi connectivity index (χ1) is 12.5. The summed E-state index contributed by atoms with van der Waals surface area (Å²) >= 11 is 0. The molecule has 0 aliphatic heterocycles. The molecule has 1 saturated carbocycles. The summed E-state index contributed by atoms with van der Waals surface area (Å²) in [5.41, 5.74) is 4.05. The summed E-state index contributed by atoms with van der Waals surface area (Å²) in [4.78, 5) is 27.1. The van der Waals surface area contributed by atoms with E-state index >= 15 is 0 Å². The molecule has 1 N–H and O–H groups in total. The van der Waals surface area contributed by atoms with Crippen LogP contribution < -0.4 is 10.2 Å². The zero-order chi connectivity index (χ0) is 18.7. The number of amides is 2. The molecule has 3 rings (SSSR count). The summed E-state index contributed by atoms with van der Waals surface area (Å²) in [5, 5.41) is 2.94. The number of hydrogen-bond donors (Lipinski definition) is 1. The van der Waals surface area contributed by atoms with Crippen molar-refractivity contribution in [1.29, 1.82) is 0 Å². The van der Waals surface area contributed by atoms with Crippen molar-refractivity contribution >= 4 is 23.2 Å². The van der Waals surface area contributed by atoms with Gasteiger partial charge in [-0.2, -0.15) is 0 Å². The van der Waals surface area contributed by atoms with E-state index in [4.69, 9.17) is 0 Å². The third-order valence-corrected chi connectivity index (χ3v) is 4.97. The zero-order valence-electron chi connectivity index (χ0n) is 15.7. The normalized spacial score (nSPS) is 18.3. The third kappa shape index (κ3) is 3.96. The molecule has 0 radical (unpaired) electrons. The van der Waals surface area contributed by atoms with Gasteiger partial charge in [0.05, 0.1) is 11.8 Å². The van der Waals surface area contributed by atoms with Gasteiger partial charge >= 0.3 is 0 Å². The SMILES string of the molecule is CCc1ccc(NC(=O)C2CC2C(=O)N(CC)c2cccc(C)c2)cc1. The summed E-state index contributed by atoms with van der Waals surface area (Å²) in [6.07, 6.45) is 1.60. The lowest BCUT2D eigenvalue weighted by Crippen LogP contribution is -2.33. The number of rotatable bonds is 6. The van der Waals surface area contributed by atoms with E-state index in [9.17, 15) is 9.59 Å². The maximum absolute atomic E-state index is 12.8. The van der Waals surface area contributed by atoms with Gasteiger partial charge in [-0.05, 0) is 62.1 Å². The highest BCUT2D eigenvalue weighted by molar-refractivity contribution is 6.04. The van der Waals surface area contributed by atoms with Crippen molar-refractivity contribution in [3.63, 3.8) is 0 Å². The first kappa shape index (κ1) is 18.2. The van der Waals surface area contributed by atoms with E-state index in [1.165, 1.54) is 5.56 Å². The van der Waals surface area contributed by atoms with E-state index in [1.807, 2.05) is 62.4 Å². The number of nitrogens with one attached hydrogen (secondary N) is 1. The van der Waals surface area contributed by atoms with Crippen LogP contribution in [0.1, 0.15) is 31.4 Å². The summed E-state index contributed by atoms with van der Waals surface area (Å²) < 4.78 is 0. The van der Waals surface area contributed by atoms with Crippen LogP contribution in [-0.4, -0.2) is 18.4 Å². The highest BCUT2D eigenvalue weighted by atomic mass is 16.2. The van der Waals surface area contributed by atoms with Crippen molar-refractivity contribution in [1.82, 2.24) is 0 Å². The molecule has 2 aromatic carbocycles. The van der Waals surface area contributed by atoms with Gasteiger partial charge in [0, 0.05) is 17.9 Å². The van der Waals surface area contributed by atoms with E-state index in [0.29, 0.717) is 13.0 Å². The maximum Gasteiger partial charge on any atom is 0.230 e. The van der Waals surface area contributed by atoms with E-state index in [0.717, 1.165) is 23.4 Å². The standard InChI is InChI=1S/C22H26N2O2/c1-4-16-9-11-17(12-10-16)23-21(25)19-14-20(19)22(26)24(5-2)18-8-6-7-15(3)13-18/h6-13,19-20H,4-5,14H2,1-3H3,(H,23,25). The number of nitrogens with zero attached hydrogens (tertiary/aromatic N) is 1. The van der Waals surface area contributed by atoms with Gasteiger partial charge in [-0.15, -0.1) is 0 Å². The van der Waals surface area contributed by atoms with Crippen LogP contribution >= 0.6 is 0 Å². The molecule has 4 nitrogen and oxygen atoms in total. The molecular weight excluding hydrogens is 324 g/mol. The highest BCUT2D eigenvalue weighted by Gasteiger charge is 2.49. The van der Waals surface area contributed by atoms with Crippen LogP contribution in [0.4, 0.5) is 11.4 Å². The van der Waals surface area contributed by atoms with Gasteiger partial charge in [-0.25, -0.2) is 0 Å². The maximum atomic E-state index is 12.8. The van der Waals surface area contributed by atoms with Crippen LogP contribution in [0.2, 0.25) is 0 Å². The highest BCUT2D eigenvalue weighted by Crippen LogP contribution is 2.41. The quantitative estimate of drug-likeness (QED) is 0.849. The third-order valence-electron chi connectivity index (χ3n) is 4.97. The fourth-order valence-electron chi connectivity index (χ4n) is 3.28. The Hall–Kier alpha value is -2.62. The van der Waals surface area contributed by atoms with Crippen molar-refractivity contribution in [2.75, 3.05) is 16.8 Å². The number of benzene rings is 2. The number of anilines is 2. The molecule has 1 aliphatic rings. The fourth-order valence-corrected chi connectivity index (χ4v) is 3.28. The predicted molar refractivity (Wildman–Crippen MR) is 105 cm³/mol. The Labute approximate surface area is 155 Å². The molecule has 2 amide bonds. The topological polar surface area (TPSA) is 49.4 Å². The molecular formula is C22H26N2O2. The lowest BCUT2D eigenvalue weighted by molar-refractivity contribution is -0.123. The molecule has 2 unspecified atom stereocenters. The van der Waals surface area contributed by atoms with Crippen LogP contribution in [0.25, 0.3) is 0 Å². The predicted octanol–water partition coefficient (Wildman–Crippen LogP) is 4.19. The summed E-state index contributed by atoms with van der Waals surface area (Å²) in [6, 6.07) is 15.8. The van der Waals surface area contributed by atoms with Crippen molar-refractivity contribution < 1.29 is 9.59 Å². The van der Waals surface area contributed by atoms with E-state index in [2.05, 4.69) is 12.2 Å². The van der Waals surface area contributed by atoms with Crippen molar-refractivity contribution in [2.45, 2.75) is 33.6 Å². The van der Waals surface area contributed by atoms with Gasteiger partial charge in [0.2, 0.25) is 11.8 Å². The Kier molecular flexibility index (Phi) is 5.40. The Morgan fingerprint density at radius 3 is 2.42 bits per heavy atom. The molecule has 2 atom stereocenters. The smallest absolute Gasteiger partial charge is 0.230 e. The second kappa shape index (κ2) is 7.73. The Morgan fingerprint density at radius 2 is 1.81 bits per heavy atom. The van der Waals surface area contributed by atoms with Crippen LogP contribution in [0.5, 0.6) is 0 Å². The lowest BCUT2D eigenvalue weighted by atomic mass is 10.1. The number of aryl methyl sites for hydroxylation is 2. The Morgan fingerprint density at radius 1 is 1.08 bits per heavy atom. The molecule has 0 aromatic heterocycles. The van der Waals surface area contributed by atoms with Crippen molar-refractivity contribution in [3.05, 3.63) is 59.7 Å². The largest absolute Gasteiger partial charge is 0.326 e. The van der Waals surface area contributed by atoms with Crippen molar-refractivity contribution in [2.24, 2.45) is 11.8 Å². The monoisotopic (exact) mass is 350 g/mol. The minimum atomic E-state index is -0.229. The van der Waals surface area contributed by atoms with Gasteiger partial charge in [-0.1, -0.05) is 31.2 Å². The van der Waals surface area contributed by atoms with E-state index in [1.54, 1.807) is 4.90 Å². The molecule has 1 fully saturated rings.